The predicted molar refractivity (Wildman–Crippen MR) is 70.9 cm³/mol. The highest BCUT2D eigenvalue weighted by atomic mass is 16.7. The molecule has 0 amide bonds. The topological polar surface area (TPSA) is 47.9 Å². The molecule has 1 aliphatic heterocycles. The zero-order chi connectivity index (χ0) is 13.2. The normalized spacial score (nSPS) is 30.8. The van der Waals surface area contributed by atoms with Gasteiger partial charge in [0.25, 0.3) is 0 Å². The van der Waals surface area contributed by atoms with Crippen LogP contribution >= 0.6 is 0 Å². The van der Waals surface area contributed by atoms with Crippen LogP contribution in [0.25, 0.3) is 0 Å². The molecule has 3 fully saturated rings. The molecule has 0 aromatic rings. The summed E-state index contributed by atoms with van der Waals surface area (Å²) in [6.07, 6.45) is 9.40. The van der Waals surface area contributed by atoms with Gasteiger partial charge in [0.2, 0.25) is 0 Å². The fourth-order valence-corrected chi connectivity index (χ4v) is 3.61. The number of rotatable bonds is 3. The molecule has 0 aromatic heterocycles. The van der Waals surface area contributed by atoms with Crippen LogP contribution in [-0.2, 0) is 14.2 Å². The van der Waals surface area contributed by atoms with Crippen LogP contribution in [0.2, 0.25) is 0 Å². The number of hydrogen-bond acceptors (Lipinski definition) is 4. The van der Waals surface area contributed by atoms with Crippen molar-refractivity contribution in [3.8, 4) is 0 Å². The van der Waals surface area contributed by atoms with Crippen molar-refractivity contribution in [2.24, 2.45) is 0 Å². The van der Waals surface area contributed by atoms with E-state index >= 15 is 0 Å². The molecule has 0 atom stereocenters. The van der Waals surface area contributed by atoms with Gasteiger partial charge in [-0.05, 0) is 25.7 Å². The molecule has 0 bridgehead atoms. The summed E-state index contributed by atoms with van der Waals surface area (Å²) in [6.45, 7) is 1.96. The van der Waals surface area contributed by atoms with Crippen LogP contribution in [0, 0.1) is 0 Å². The molecule has 1 spiro atoms. The van der Waals surface area contributed by atoms with Crippen LogP contribution in [0.1, 0.15) is 57.8 Å². The van der Waals surface area contributed by atoms with Crippen LogP contribution in [0.15, 0.2) is 0 Å². The largest absolute Gasteiger partial charge is 0.387 e. The lowest BCUT2D eigenvalue weighted by Gasteiger charge is -2.37. The third kappa shape index (κ3) is 3.30. The molecule has 4 nitrogen and oxygen atoms in total. The van der Waals surface area contributed by atoms with Crippen LogP contribution < -0.4 is 0 Å². The van der Waals surface area contributed by atoms with E-state index in [9.17, 15) is 5.11 Å². The lowest BCUT2D eigenvalue weighted by Crippen LogP contribution is -2.41. The molecule has 4 heteroatoms. The van der Waals surface area contributed by atoms with Gasteiger partial charge in [0.15, 0.2) is 5.79 Å². The maximum atomic E-state index is 10.4. The number of ether oxygens (including phenoxy) is 3. The van der Waals surface area contributed by atoms with Gasteiger partial charge >= 0.3 is 0 Å². The quantitative estimate of drug-likeness (QED) is 0.855. The molecule has 0 radical (unpaired) electrons. The summed E-state index contributed by atoms with van der Waals surface area (Å²) >= 11 is 0. The number of aliphatic hydroxyl groups is 1. The first-order valence-corrected chi connectivity index (χ1v) is 7.82. The third-order valence-electron chi connectivity index (χ3n) is 4.88. The molecule has 0 unspecified atom stereocenters. The first-order valence-electron chi connectivity index (χ1n) is 7.82. The van der Waals surface area contributed by atoms with Crippen molar-refractivity contribution in [3.63, 3.8) is 0 Å². The van der Waals surface area contributed by atoms with Crippen LogP contribution in [0.5, 0.6) is 0 Å². The summed E-state index contributed by atoms with van der Waals surface area (Å²) in [5.41, 5.74) is -0.562. The van der Waals surface area contributed by atoms with Gasteiger partial charge in [0.05, 0.1) is 31.5 Å². The van der Waals surface area contributed by atoms with Crippen LogP contribution in [0.4, 0.5) is 0 Å². The lowest BCUT2D eigenvalue weighted by molar-refractivity contribution is -0.196. The fourth-order valence-electron chi connectivity index (χ4n) is 3.61. The summed E-state index contributed by atoms with van der Waals surface area (Å²) in [6, 6.07) is 0. The molecular weight excluding hydrogens is 244 g/mol. The fraction of sp³-hybridized carbons (Fsp3) is 1.00. The molecule has 2 saturated carbocycles. The molecule has 2 aliphatic carbocycles. The van der Waals surface area contributed by atoms with Gasteiger partial charge in [0.1, 0.15) is 0 Å². The van der Waals surface area contributed by atoms with Crippen molar-refractivity contribution in [2.45, 2.75) is 75.3 Å². The van der Waals surface area contributed by atoms with Crippen molar-refractivity contribution in [1.82, 2.24) is 0 Å². The van der Waals surface area contributed by atoms with E-state index in [0.717, 1.165) is 64.6 Å². The highest BCUT2D eigenvalue weighted by molar-refractivity contribution is 4.85. The zero-order valence-corrected chi connectivity index (χ0v) is 11.7. The van der Waals surface area contributed by atoms with E-state index in [2.05, 4.69) is 0 Å². The minimum atomic E-state index is -0.562. The summed E-state index contributed by atoms with van der Waals surface area (Å²) in [5.74, 6) is -0.304. The Bertz CT molecular complexity index is 283. The Balaban J connectivity index is 1.42. The Morgan fingerprint density at radius 3 is 2.21 bits per heavy atom. The van der Waals surface area contributed by atoms with Crippen molar-refractivity contribution in [3.05, 3.63) is 0 Å². The summed E-state index contributed by atoms with van der Waals surface area (Å²) in [7, 11) is 0. The molecule has 110 valence electrons. The second kappa shape index (κ2) is 5.68. The first-order chi connectivity index (χ1) is 9.20. The second-order valence-corrected chi connectivity index (χ2v) is 6.40. The van der Waals surface area contributed by atoms with Crippen LogP contribution in [0.3, 0.4) is 0 Å². The van der Waals surface area contributed by atoms with Crippen LogP contribution in [-0.4, -0.2) is 42.4 Å². The molecule has 0 aromatic carbocycles. The maximum Gasteiger partial charge on any atom is 0.168 e. The molecule has 3 aliphatic rings. The SMILES string of the molecule is OC1(COC2CCC3(CC2)OCCO3)CCCCC1. The van der Waals surface area contributed by atoms with E-state index in [-0.39, 0.29) is 11.9 Å². The lowest BCUT2D eigenvalue weighted by atomic mass is 9.85. The average molecular weight is 270 g/mol. The molecule has 1 saturated heterocycles. The highest BCUT2D eigenvalue weighted by Crippen LogP contribution is 2.37. The van der Waals surface area contributed by atoms with E-state index in [1.54, 1.807) is 0 Å². The smallest absolute Gasteiger partial charge is 0.168 e. The van der Waals surface area contributed by atoms with Crippen molar-refractivity contribution < 1.29 is 19.3 Å². The van der Waals surface area contributed by atoms with E-state index in [4.69, 9.17) is 14.2 Å². The van der Waals surface area contributed by atoms with E-state index < -0.39 is 5.60 Å². The predicted octanol–water partition coefficient (Wildman–Crippen LogP) is 2.38. The van der Waals surface area contributed by atoms with E-state index in [0.29, 0.717) is 6.61 Å². The molecule has 1 N–H and O–H groups in total. The monoisotopic (exact) mass is 270 g/mol. The first kappa shape index (κ1) is 13.8. The average Bonchev–Trinajstić information content (AvgIpc) is 2.88. The van der Waals surface area contributed by atoms with Gasteiger partial charge < -0.3 is 19.3 Å². The summed E-state index contributed by atoms with van der Waals surface area (Å²) in [4.78, 5) is 0. The highest BCUT2D eigenvalue weighted by Gasteiger charge is 2.41. The number of hydrogen-bond donors (Lipinski definition) is 1. The molecule has 19 heavy (non-hydrogen) atoms. The Morgan fingerprint density at radius 1 is 0.947 bits per heavy atom. The molecule has 1 heterocycles. The summed E-state index contributed by atoms with van der Waals surface area (Å²) in [5, 5.41) is 10.4. The van der Waals surface area contributed by atoms with Crippen molar-refractivity contribution in [2.75, 3.05) is 19.8 Å². The van der Waals surface area contributed by atoms with E-state index in [1.165, 1.54) is 6.42 Å². The van der Waals surface area contributed by atoms with Crippen molar-refractivity contribution in [1.29, 1.82) is 0 Å². The third-order valence-corrected chi connectivity index (χ3v) is 4.88. The molecule has 3 rings (SSSR count). The Labute approximate surface area is 115 Å². The van der Waals surface area contributed by atoms with Gasteiger partial charge in [-0.1, -0.05) is 19.3 Å². The molecular formula is C15H26O4. The van der Waals surface area contributed by atoms with Crippen molar-refractivity contribution >= 4 is 0 Å². The Hall–Kier alpha value is -0.160. The summed E-state index contributed by atoms with van der Waals surface area (Å²) < 4.78 is 17.4. The van der Waals surface area contributed by atoms with Gasteiger partial charge in [0, 0.05) is 12.8 Å². The minimum absolute atomic E-state index is 0.268. The van der Waals surface area contributed by atoms with E-state index in [1.807, 2.05) is 0 Å². The second-order valence-electron chi connectivity index (χ2n) is 6.40. The maximum absolute atomic E-state index is 10.4. The van der Waals surface area contributed by atoms with Gasteiger partial charge in [-0.3, -0.25) is 0 Å². The minimum Gasteiger partial charge on any atom is -0.387 e. The Kier molecular flexibility index (Phi) is 4.13. The van der Waals surface area contributed by atoms with Gasteiger partial charge in [-0.15, -0.1) is 0 Å². The van der Waals surface area contributed by atoms with Gasteiger partial charge in [-0.2, -0.15) is 0 Å². The Morgan fingerprint density at radius 2 is 1.58 bits per heavy atom. The standard InChI is InChI=1S/C15H26O4/c16-14(6-2-1-3-7-14)12-17-13-4-8-15(9-5-13)18-10-11-19-15/h13,16H,1-12H2. The van der Waals surface area contributed by atoms with Gasteiger partial charge in [-0.25, -0.2) is 0 Å². The zero-order valence-electron chi connectivity index (χ0n) is 11.7.